The summed E-state index contributed by atoms with van der Waals surface area (Å²) in [6.07, 6.45) is 5.70. The number of carbonyl (C=O) groups excluding carboxylic acids is 2. The number of benzene rings is 2. The fraction of sp³-hybridized carbons (Fsp3) is 0.417. The normalized spacial score (nSPS) is 14.2. The molecule has 1 aliphatic carbocycles. The van der Waals surface area contributed by atoms with Crippen molar-refractivity contribution in [1.82, 2.24) is 10.2 Å². The molecule has 5 nitrogen and oxygen atoms in total. The van der Waals surface area contributed by atoms with Crippen molar-refractivity contribution in [1.29, 1.82) is 0 Å². The third-order valence-corrected chi connectivity index (χ3v) is 6.15. The average molecular weight is 428 g/mol. The van der Waals surface area contributed by atoms with E-state index in [1.165, 1.54) is 19.3 Å². The van der Waals surface area contributed by atoms with E-state index in [9.17, 15) is 9.59 Å². The summed E-state index contributed by atoms with van der Waals surface area (Å²) in [4.78, 5) is 26.8. The second kappa shape index (κ2) is 10.5. The van der Waals surface area contributed by atoms with E-state index in [4.69, 9.17) is 11.6 Å². The number of aryl methyl sites for hydroxylation is 1. The number of hydrogen-bond acceptors (Lipinski definition) is 3. The minimum Gasteiger partial charge on any atom is -0.376 e. The summed E-state index contributed by atoms with van der Waals surface area (Å²) < 4.78 is 0. The molecule has 0 aliphatic heterocycles. The molecule has 2 amide bonds. The summed E-state index contributed by atoms with van der Waals surface area (Å²) in [5, 5.41) is 6.38. The van der Waals surface area contributed by atoms with Crippen LogP contribution in [-0.2, 0) is 11.3 Å². The standard InChI is InChI=1S/C24H30ClN3O2/c1-17-8-6-7-9-18(17)15-27-23(29)16-26-19-12-13-21(22(25)14-19)24(30)28(2)20-10-4-3-5-11-20/h6-9,12-14,20,26H,3-5,10-11,15-16H2,1-2H3,(H,27,29). The lowest BCUT2D eigenvalue weighted by molar-refractivity contribution is -0.119. The Kier molecular flexibility index (Phi) is 7.75. The van der Waals surface area contributed by atoms with Gasteiger partial charge in [-0.1, -0.05) is 55.1 Å². The second-order valence-corrected chi connectivity index (χ2v) is 8.37. The van der Waals surface area contributed by atoms with Gasteiger partial charge in [0.15, 0.2) is 0 Å². The van der Waals surface area contributed by atoms with Crippen LogP contribution >= 0.6 is 11.6 Å². The SMILES string of the molecule is Cc1ccccc1CNC(=O)CNc1ccc(C(=O)N(C)C2CCCCC2)c(Cl)c1. The first-order chi connectivity index (χ1) is 14.5. The highest BCUT2D eigenvalue weighted by molar-refractivity contribution is 6.34. The van der Waals surface area contributed by atoms with Crippen LogP contribution in [0, 0.1) is 6.92 Å². The third kappa shape index (κ3) is 5.76. The Labute approximate surface area is 183 Å². The average Bonchev–Trinajstić information content (AvgIpc) is 2.77. The first kappa shape index (κ1) is 22.2. The van der Waals surface area contributed by atoms with Crippen molar-refractivity contribution in [2.75, 3.05) is 18.9 Å². The maximum atomic E-state index is 12.8. The smallest absolute Gasteiger partial charge is 0.255 e. The van der Waals surface area contributed by atoms with Crippen molar-refractivity contribution in [3.8, 4) is 0 Å². The molecule has 2 aromatic carbocycles. The Morgan fingerprint density at radius 1 is 1.10 bits per heavy atom. The molecule has 0 heterocycles. The Hall–Kier alpha value is -2.53. The zero-order valence-electron chi connectivity index (χ0n) is 17.7. The van der Waals surface area contributed by atoms with Crippen molar-refractivity contribution in [3.63, 3.8) is 0 Å². The van der Waals surface area contributed by atoms with Crippen LogP contribution in [-0.4, -0.2) is 36.3 Å². The second-order valence-electron chi connectivity index (χ2n) is 7.96. The zero-order chi connectivity index (χ0) is 21.5. The summed E-state index contributed by atoms with van der Waals surface area (Å²) in [6, 6.07) is 13.5. The fourth-order valence-corrected chi connectivity index (χ4v) is 4.13. The van der Waals surface area contributed by atoms with E-state index in [0.29, 0.717) is 22.8 Å². The number of hydrogen-bond donors (Lipinski definition) is 2. The van der Waals surface area contributed by atoms with Crippen LogP contribution in [0.3, 0.4) is 0 Å². The third-order valence-electron chi connectivity index (χ3n) is 5.83. The number of carbonyl (C=O) groups is 2. The number of anilines is 1. The lowest BCUT2D eigenvalue weighted by Gasteiger charge is -2.31. The first-order valence-electron chi connectivity index (χ1n) is 10.6. The van der Waals surface area contributed by atoms with Crippen LogP contribution in [0.5, 0.6) is 0 Å². The predicted molar refractivity (Wildman–Crippen MR) is 122 cm³/mol. The molecule has 2 aromatic rings. The highest BCUT2D eigenvalue weighted by Gasteiger charge is 2.24. The predicted octanol–water partition coefficient (Wildman–Crippen LogP) is 4.78. The monoisotopic (exact) mass is 427 g/mol. The molecule has 160 valence electrons. The van der Waals surface area contributed by atoms with Gasteiger partial charge in [0.25, 0.3) is 5.91 Å². The molecule has 1 aliphatic rings. The molecule has 0 radical (unpaired) electrons. The van der Waals surface area contributed by atoms with Gasteiger partial charge in [-0.3, -0.25) is 9.59 Å². The Balaban J connectivity index is 1.52. The summed E-state index contributed by atoms with van der Waals surface area (Å²) >= 11 is 6.39. The molecule has 1 saturated carbocycles. The molecule has 0 spiro atoms. The van der Waals surface area contributed by atoms with Crippen LogP contribution in [0.4, 0.5) is 5.69 Å². The lowest BCUT2D eigenvalue weighted by Crippen LogP contribution is -2.38. The van der Waals surface area contributed by atoms with Gasteiger partial charge in [-0.25, -0.2) is 0 Å². The minimum atomic E-state index is -0.105. The number of amides is 2. The van der Waals surface area contributed by atoms with E-state index >= 15 is 0 Å². The molecule has 0 atom stereocenters. The molecule has 0 bridgehead atoms. The van der Waals surface area contributed by atoms with Gasteiger partial charge in [0.05, 0.1) is 17.1 Å². The van der Waals surface area contributed by atoms with Gasteiger partial charge in [0, 0.05) is 25.3 Å². The van der Waals surface area contributed by atoms with Crippen LogP contribution in [0.1, 0.15) is 53.6 Å². The van der Waals surface area contributed by atoms with Crippen molar-refractivity contribution >= 4 is 29.1 Å². The topological polar surface area (TPSA) is 61.4 Å². The molecule has 30 heavy (non-hydrogen) atoms. The minimum absolute atomic E-state index is 0.0468. The molecular weight excluding hydrogens is 398 g/mol. The van der Waals surface area contributed by atoms with Crippen LogP contribution in [0.2, 0.25) is 5.02 Å². The fourth-order valence-electron chi connectivity index (χ4n) is 3.87. The molecule has 6 heteroatoms. The molecule has 0 saturated heterocycles. The van der Waals surface area contributed by atoms with E-state index in [-0.39, 0.29) is 24.4 Å². The highest BCUT2D eigenvalue weighted by Crippen LogP contribution is 2.26. The van der Waals surface area contributed by atoms with Crippen molar-refractivity contribution in [3.05, 3.63) is 64.2 Å². The summed E-state index contributed by atoms with van der Waals surface area (Å²) in [5.41, 5.74) is 3.46. The van der Waals surface area contributed by atoms with E-state index in [1.54, 1.807) is 18.2 Å². The van der Waals surface area contributed by atoms with Crippen LogP contribution in [0.15, 0.2) is 42.5 Å². The summed E-state index contributed by atoms with van der Waals surface area (Å²) in [6.45, 7) is 2.66. The van der Waals surface area contributed by atoms with Crippen molar-refractivity contribution < 1.29 is 9.59 Å². The lowest BCUT2D eigenvalue weighted by atomic mass is 9.94. The van der Waals surface area contributed by atoms with Gasteiger partial charge in [0.2, 0.25) is 5.91 Å². The van der Waals surface area contributed by atoms with Crippen molar-refractivity contribution in [2.24, 2.45) is 0 Å². The zero-order valence-corrected chi connectivity index (χ0v) is 18.5. The Morgan fingerprint density at radius 3 is 2.53 bits per heavy atom. The number of rotatable bonds is 7. The molecule has 3 rings (SSSR count). The number of nitrogens with zero attached hydrogens (tertiary/aromatic N) is 1. The van der Waals surface area contributed by atoms with Crippen molar-refractivity contribution in [2.45, 2.75) is 51.6 Å². The number of halogens is 1. The highest BCUT2D eigenvalue weighted by atomic mass is 35.5. The summed E-state index contributed by atoms with van der Waals surface area (Å²) in [7, 11) is 1.86. The van der Waals surface area contributed by atoms with E-state index in [0.717, 1.165) is 24.0 Å². The first-order valence-corrected chi connectivity index (χ1v) is 11.0. The van der Waals surface area contributed by atoms with Gasteiger partial charge in [-0.2, -0.15) is 0 Å². The van der Waals surface area contributed by atoms with Gasteiger partial charge in [0.1, 0.15) is 0 Å². The quantitative estimate of drug-likeness (QED) is 0.668. The van der Waals surface area contributed by atoms with E-state index in [2.05, 4.69) is 10.6 Å². The molecule has 0 aromatic heterocycles. The van der Waals surface area contributed by atoms with Crippen LogP contribution in [0.25, 0.3) is 0 Å². The molecular formula is C24H30ClN3O2. The van der Waals surface area contributed by atoms with Gasteiger partial charge in [-0.15, -0.1) is 0 Å². The van der Waals surface area contributed by atoms with Gasteiger partial charge in [-0.05, 0) is 49.1 Å². The number of nitrogens with one attached hydrogen (secondary N) is 2. The van der Waals surface area contributed by atoms with Gasteiger partial charge >= 0.3 is 0 Å². The molecule has 2 N–H and O–H groups in total. The Morgan fingerprint density at radius 2 is 1.83 bits per heavy atom. The molecule has 0 unspecified atom stereocenters. The van der Waals surface area contributed by atoms with E-state index in [1.807, 2.05) is 43.1 Å². The largest absolute Gasteiger partial charge is 0.376 e. The van der Waals surface area contributed by atoms with Crippen LogP contribution < -0.4 is 10.6 Å². The Bertz CT molecular complexity index is 894. The summed E-state index contributed by atoms with van der Waals surface area (Å²) in [5.74, 6) is -0.152. The molecule has 1 fully saturated rings. The maximum Gasteiger partial charge on any atom is 0.255 e. The van der Waals surface area contributed by atoms with E-state index < -0.39 is 0 Å². The maximum absolute atomic E-state index is 12.8. The van der Waals surface area contributed by atoms with Gasteiger partial charge < -0.3 is 15.5 Å².